The molecule has 2 rings (SSSR count). The van der Waals surface area contributed by atoms with E-state index < -0.39 is 33.8 Å². The van der Waals surface area contributed by atoms with Crippen LogP contribution in [0.4, 0.5) is 9.18 Å². The Morgan fingerprint density at radius 1 is 1.26 bits per heavy atom. The van der Waals surface area contributed by atoms with Crippen molar-refractivity contribution in [3.8, 4) is 0 Å². The number of amides is 3. The number of benzene rings is 1. The van der Waals surface area contributed by atoms with Gasteiger partial charge in [-0.15, -0.1) is 0 Å². The molecule has 2 N–H and O–H groups in total. The Labute approximate surface area is 162 Å². The van der Waals surface area contributed by atoms with E-state index in [4.69, 9.17) is 11.6 Å². The van der Waals surface area contributed by atoms with Crippen LogP contribution in [-0.2, 0) is 14.8 Å². The van der Waals surface area contributed by atoms with Gasteiger partial charge in [-0.2, -0.15) is 4.31 Å². The SMILES string of the molecule is CCNC(=O)NC(=O)C(C)N1CCN(S(=O)(=O)c2ccc(F)c(Cl)c2)CC1. The number of sulfonamides is 1. The highest BCUT2D eigenvalue weighted by atomic mass is 35.5. The van der Waals surface area contributed by atoms with Gasteiger partial charge in [-0.1, -0.05) is 11.6 Å². The van der Waals surface area contributed by atoms with Crippen molar-refractivity contribution >= 4 is 33.6 Å². The fourth-order valence-electron chi connectivity index (χ4n) is 2.70. The number of nitrogens with zero attached hydrogens (tertiary/aromatic N) is 2. The van der Waals surface area contributed by atoms with Crippen molar-refractivity contribution in [1.29, 1.82) is 0 Å². The van der Waals surface area contributed by atoms with E-state index in [1.165, 1.54) is 10.4 Å². The molecule has 1 aliphatic heterocycles. The van der Waals surface area contributed by atoms with E-state index in [0.29, 0.717) is 19.6 Å². The molecule has 1 saturated heterocycles. The van der Waals surface area contributed by atoms with E-state index in [-0.39, 0.29) is 23.0 Å². The van der Waals surface area contributed by atoms with E-state index >= 15 is 0 Å². The average Bonchev–Trinajstić information content (AvgIpc) is 2.63. The highest BCUT2D eigenvalue weighted by Crippen LogP contribution is 2.23. The number of piperazine rings is 1. The number of halogens is 2. The van der Waals surface area contributed by atoms with Crippen molar-refractivity contribution in [3.05, 3.63) is 29.0 Å². The lowest BCUT2D eigenvalue weighted by molar-refractivity contribution is -0.125. The first-order valence-electron chi connectivity index (χ1n) is 8.44. The van der Waals surface area contributed by atoms with Gasteiger partial charge in [-0.3, -0.25) is 15.0 Å². The van der Waals surface area contributed by atoms with E-state index in [9.17, 15) is 22.4 Å². The first kappa shape index (κ1) is 21.5. The molecular weight excluding hydrogens is 399 g/mol. The maximum absolute atomic E-state index is 13.3. The van der Waals surface area contributed by atoms with Crippen LogP contribution in [0.25, 0.3) is 0 Å². The summed E-state index contributed by atoms with van der Waals surface area (Å²) >= 11 is 5.68. The van der Waals surface area contributed by atoms with Gasteiger partial charge in [0.05, 0.1) is 16.0 Å². The number of hydrogen-bond acceptors (Lipinski definition) is 5. The summed E-state index contributed by atoms with van der Waals surface area (Å²) < 4.78 is 39.9. The highest BCUT2D eigenvalue weighted by Gasteiger charge is 2.32. The lowest BCUT2D eigenvalue weighted by Gasteiger charge is -2.36. The fraction of sp³-hybridized carbons (Fsp3) is 0.500. The molecule has 0 spiro atoms. The number of nitrogens with one attached hydrogen (secondary N) is 2. The van der Waals surface area contributed by atoms with Gasteiger partial charge in [0, 0.05) is 32.7 Å². The molecule has 1 heterocycles. The molecule has 150 valence electrons. The molecule has 27 heavy (non-hydrogen) atoms. The van der Waals surface area contributed by atoms with Gasteiger partial charge in [0.2, 0.25) is 15.9 Å². The second-order valence-electron chi connectivity index (χ2n) is 6.04. The maximum Gasteiger partial charge on any atom is 0.321 e. The Morgan fingerprint density at radius 3 is 2.44 bits per heavy atom. The van der Waals surface area contributed by atoms with E-state index in [1.54, 1.807) is 18.7 Å². The molecule has 0 aliphatic carbocycles. The number of carbonyl (C=O) groups is 2. The van der Waals surface area contributed by atoms with Crippen molar-refractivity contribution < 1.29 is 22.4 Å². The number of hydrogen-bond donors (Lipinski definition) is 2. The van der Waals surface area contributed by atoms with E-state index in [0.717, 1.165) is 12.1 Å². The smallest absolute Gasteiger partial charge is 0.321 e. The van der Waals surface area contributed by atoms with Crippen molar-refractivity contribution in [2.45, 2.75) is 24.8 Å². The molecule has 8 nitrogen and oxygen atoms in total. The summed E-state index contributed by atoms with van der Waals surface area (Å²) in [5, 5.41) is 4.46. The zero-order chi connectivity index (χ0) is 20.2. The van der Waals surface area contributed by atoms with Crippen LogP contribution >= 0.6 is 11.6 Å². The lowest BCUT2D eigenvalue weighted by atomic mass is 10.2. The molecule has 1 atom stereocenters. The summed E-state index contributed by atoms with van der Waals surface area (Å²) in [6.07, 6.45) is 0. The summed E-state index contributed by atoms with van der Waals surface area (Å²) in [7, 11) is -3.81. The summed E-state index contributed by atoms with van der Waals surface area (Å²) in [6, 6.07) is 2.12. The Bertz CT molecular complexity index is 813. The minimum Gasteiger partial charge on any atom is -0.338 e. The second-order valence-corrected chi connectivity index (χ2v) is 8.39. The summed E-state index contributed by atoms with van der Waals surface area (Å²) in [5.74, 6) is -1.14. The molecule has 1 unspecified atom stereocenters. The van der Waals surface area contributed by atoms with Gasteiger partial charge in [0.25, 0.3) is 0 Å². The van der Waals surface area contributed by atoms with Crippen LogP contribution in [0.15, 0.2) is 23.1 Å². The minimum atomic E-state index is -3.81. The quantitative estimate of drug-likeness (QED) is 0.741. The molecule has 3 amide bonds. The molecule has 1 fully saturated rings. The third-order valence-electron chi connectivity index (χ3n) is 4.30. The fourth-order valence-corrected chi connectivity index (χ4v) is 4.40. The number of imide groups is 1. The van der Waals surface area contributed by atoms with E-state index in [2.05, 4.69) is 10.6 Å². The Kier molecular flexibility index (Phi) is 7.15. The number of carbonyl (C=O) groups excluding carboxylic acids is 2. The molecule has 1 aromatic rings. The van der Waals surface area contributed by atoms with Crippen molar-refractivity contribution in [3.63, 3.8) is 0 Å². The molecule has 0 radical (unpaired) electrons. The Hall–Kier alpha value is -1.75. The predicted molar refractivity (Wildman–Crippen MR) is 98.4 cm³/mol. The molecule has 0 bridgehead atoms. The number of rotatable bonds is 5. The molecule has 0 saturated carbocycles. The van der Waals surface area contributed by atoms with Crippen LogP contribution in [0.3, 0.4) is 0 Å². The largest absolute Gasteiger partial charge is 0.338 e. The van der Waals surface area contributed by atoms with Crippen LogP contribution in [0.1, 0.15) is 13.8 Å². The monoisotopic (exact) mass is 420 g/mol. The summed E-state index contributed by atoms with van der Waals surface area (Å²) in [4.78, 5) is 25.3. The van der Waals surface area contributed by atoms with Crippen LogP contribution in [0, 0.1) is 5.82 Å². The minimum absolute atomic E-state index is 0.0793. The second kappa shape index (κ2) is 8.96. The maximum atomic E-state index is 13.3. The van der Waals surface area contributed by atoms with Crippen LogP contribution in [-0.4, -0.2) is 68.3 Å². The molecule has 11 heteroatoms. The van der Waals surface area contributed by atoms with Gasteiger partial charge in [0.1, 0.15) is 5.82 Å². The van der Waals surface area contributed by atoms with Crippen LogP contribution in [0.5, 0.6) is 0 Å². The molecule has 0 aromatic heterocycles. The standard InChI is InChI=1S/C16H22ClFN4O4S/c1-3-19-16(24)20-15(23)11(2)21-6-8-22(9-7-21)27(25,26)12-4-5-14(18)13(17)10-12/h4-5,10-11H,3,6-9H2,1-2H3,(H2,19,20,23,24). The van der Waals surface area contributed by atoms with Crippen molar-refractivity contribution in [2.24, 2.45) is 0 Å². The van der Waals surface area contributed by atoms with Gasteiger partial charge in [-0.05, 0) is 32.0 Å². The zero-order valence-electron chi connectivity index (χ0n) is 15.0. The van der Waals surface area contributed by atoms with Crippen molar-refractivity contribution in [2.75, 3.05) is 32.7 Å². The van der Waals surface area contributed by atoms with Crippen LogP contribution in [0.2, 0.25) is 5.02 Å². The number of urea groups is 1. The summed E-state index contributed by atoms with van der Waals surface area (Å²) in [6.45, 7) is 4.75. The van der Waals surface area contributed by atoms with Gasteiger partial charge in [0.15, 0.2) is 0 Å². The summed E-state index contributed by atoms with van der Waals surface area (Å²) in [5.41, 5.74) is 0. The van der Waals surface area contributed by atoms with Gasteiger partial charge >= 0.3 is 6.03 Å². The molecule has 1 aliphatic rings. The highest BCUT2D eigenvalue weighted by molar-refractivity contribution is 7.89. The lowest BCUT2D eigenvalue weighted by Crippen LogP contribution is -2.56. The zero-order valence-corrected chi connectivity index (χ0v) is 16.6. The Balaban J connectivity index is 1.98. The average molecular weight is 421 g/mol. The van der Waals surface area contributed by atoms with Crippen molar-refractivity contribution in [1.82, 2.24) is 19.8 Å². The van der Waals surface area contributed by atoms with Crippen LogP contribution < -0.4 is 10.6 Å². The first-order chi connectivity index (χ1) is 12.7. The Morgan fingerprint density at radius 2 is 1.89 bits per heavy atom. The molecule has 1 aromatic carbocycles. The normalized spacial score (nSPS) is 17.3. The topological polar surface area (TPSA) is 98.8 Å². The van der Waals surface area contributed by atoms with Gasteiger partial charge < -0.3 is 5.32 Å². The van der Waals surface area contributed by atoms with E-state index in [1.807, 2.05) is 0 Å². The third kappa shape index (κ3) is 5.16. The van der Waals surface area contributed by atoms with Gasteiger partial charge in [-0.25, -0.2) is 17.6 Å². The molecular formula is C16H22ClFN4O4S. The predicted octanol–water partition coefficient (Wildman–Crippen LogP) is 1.02. The third-order valence-corrected chi connectivity index (χ3v) is 6.49. The first-order valence-corrected chi connectivity index (χ1v) is 10.3.